The Labute approximate surface area is 109 Å². The van der Waals surface area contributed by atoms with Crippen LogP contribution in [0.25, 0.3) is 4.96 Å². The molecule has 1 saturated heterocycles. The Balaban J connectivity index is 1.64. The van der Waals surface area contributed by atoms with Crippen molar-refractivity contribution in [1.82, 2.24) is 14.6 Å². The smallest absolute Gasteiger partial charge is 0.214 e. The van der Waals surface area contributed by atoms with E-state index in [0.29, 0.717) is 18.1 Å². The van der Waals surface area contributed by atoms with E-state index in [1.165, 1.54) is 11.3 Å². The molecule has 0 aliphatic carbocycles. The Bertz CT molecular complexity index is 642. The standard InChI is InChI=1S/C10H14N4O2S2/c1-7-5-14-10(12-7)17-9(13-14)11-4-8-2-3-18(15,16)6-8/h5,8H,2-4,6H2,1H3,(H,11,13). The monoisotopic (exact) mass is 286 g/mol. The molecule has 0 aromatic carbocycles. The predicted octanol–water partition coefficient (Wildman–Crippen LogP) is 0.946. The number of rotatable bonds is 3. The number of fused-ring (bicyclic) bond motifs is 1. The number of imidazole rings is 1. The topological polar surface area (TPSA) is 76.4 Å². The maximum absolute atomic E-state index is 11.3. The predicted molar refractivity (Wildman–Crippen MR) is 70.9 cm³/mol. The first kappa shape index (κ1) is 11.9. The zero-order valence-corrected chi connectivity index (χ0v) is 11.6. The number of sulfone groups is 1. The Morgan fingerprint density at radius 1 is 1.61 bits per heavy atom. The van der Waals surface area contributed by atoms with E-state index in [1.807, 2.05) is 13.1 Å². The molecule has 0 radical (unpaired) electrons. The van der Waals surface area contributed by atoms with Crippen molar-refractivity contribution in [2.75, 3.05) is 23.4 Å². The third-order valence-electron chi connectivity index (χ3n) is 3.03. The normalized spacial score (nSPS) is 22.6. The van der Waals surface area contributed by atoms with Crippen LogP contribution in [-0.2, 0) is 9.84 Å². The number of aromatic nitrogens is 3. The Hall–Kier alpha value is -1.15. The molecule has 0 spiro atoms. The van der Waals surface area contributed by atoms with Crippen molar-refractivity contribution in [3.8, 4) is 0 Å². The molecule has 1 aliphatic heterocycles. The molecular weight excluding hydrogens is 272 g/mol. The molecule has 8 heteroatoms. The summed E-state index contributed by atoms with van der Waals surface area (Å²) < 4.78 is 24.4. The second kappa shape index (κ2) is 4.20. The molecule has 18 heavy (non-hydrogen) atoms. The van der Waals surface area contributed by atoms with Gasteiger partial charge in [-0.05, 0) is 19.3 Å². The van der Waals surface area contributed by atoms with Crippen molar-refractivity contribution in [2.45, 2.75) is 13.3 Å². The summed E-state index contributed by atoms with van der Waals surface area (Å²) in [5.41, 5.74) is 0.946. The van der Waals surface area contributed by atoms with Crippen LogP contribution in [0.2, 0.25) is 0 Å². The third-order valence-corrected chi connectivity index (χ3v) is 5.75. The summed E-state index contributed by atoms with van der Waals surface area (Å²) in [6, 6.07) is 0. The van der Waals surface area contributed by atoms with E-state index in [9.17, 15) is 8.42 Å². The van der Waals surface area contributed by atoms with Crippen molar-refractivity contribution in [3.63, 3.8) is 0 Å². The van der Waals surface area contributed by atoms with Crippen molar-refractivity contribution >= 4 is 31.3 Å². The molecule has 0 saturated carbocycles. The summed E-state index contributed by atoms with van der Waals surface area (Å²) in [4.78, 5) is 5.18. The highest BCUT2D eigenvalue weighted by molar-refractivity contribution is 7.91. The zero-order chi connectivity index (χ0) is 12.8. The molecule has 1 aliphatic rings. The number of anilines is 1. The molecule has 1 N–H and O–H groups in total. The van der Waals surface area contributed by atoms with Crippen molar-refractivity contribution in [3.05, 3.63) is 11.9 Å². The molecule has 3 heterocycles. The van der Waals surface area contributed by atoms with E-state index in [0.717, 1.165) is 22.2 Å². The van der Waals surface area contributed by atoms with Gasteiger partial charge in [0.15, 0.2) is 9.84 Å². The molecule has 3 rings (SSSR count). The van der Waals surface area contributed by atoms with Gasteiger partial charge in [-0.2, -0.15) is 0 Å². The molecule has 98 valence electrons. The quantitative estimate of drug-likeness (QED) is 0.909. The first-order valence-corrected chi connectivity index (χ1v) is 8.43. The van der Waals surface area contributed by atoms with Crippen molar-refractivity contribution in [1.29, 1.82) is 0 Å². The fourth-order valence-corrected chi connectivity index (χ4v) is 4.84. The van der Waals surface area contributed by atoms with Crippen LogP contribution < -0.4 is 5.32 Å². The first-order valence-electron chi connectivity index (χ1n) is 5.79. The van der Waals surface area contributed by atoms with Crippen LogP contribution in [0.15, 0.2) is 6.20 Å². The summed E-state index contributed by atoms with van der Waals surface area (Å²) in [6.45, 7) is 2.59. The minimum atomic E-state index is -2.79. The van der Waals surface area contributed by atoms with Crippen LogP contribution >= 0.6 is 11.3 Å². The van der Waals surface area contributed by atoms with Gasteiger partial charge in [0.1, 0.15) is 0 Å². The van der Waals surface area contributed by atoms with Crippen LogP contribution in [0.3, 0.4) is 0 Å². The van der Waals surface area contributed by atoms with E-state index in [4.69, 9.17) is 0 Å². The van der Waals surface area contributed by atoms with Gasteiger partial charge in [-0.25, -0.2) is 17.9 Å². The van der Waals surface area contributed by atoms with Gasteiger partial charge in [0.05, 0.1) is 23.4 Å². The lowest BCUT2D eigenvalue weighted by molar-refractivity contribution is 0.596. The van der Waals surface area contributed by atoms with Gasteiger partial charge in [-0.15, -0.1) is 5.10 Å². The van der Waals surface area contributed by atoms with Crippen LogP contribution in [0.5, 0.6) is 0 Å². The summed E-state index contributed by atoms with van der Waals surface area (Å²) in [5.74, 6) is 0.814. The minimum absolute atomic E-state index is 0.202. The Morgan fingerprint density at radius 3 is 3.11 bits per heavy atom. The average molecular weight is 286 g/mol. The largest absolute Gasteiger partial charge is 0.360 e. The van der Waals surface area contributed by atoms with Crippen molar-refractivity contribution in [2.24, 2.45) is 5.92 Å². The first-order chi connectivity index (χ1) is 8.52. The van der Waals surface area contributed by atoms with Gasteiger partial charge in [0.25, 0.3) is 0 Å². The molecule has 0 amide bonds. The molecule has 2 aromatic rings. The average Bonchev–Trinajstić information content (AvgIpc) is 2.88. The van der Waals surface area contributed by atoms with Gasteiger partial charge >= 0.3 is 0 Å². The number of nitrogens with one attached hydrogen (secondary N) is 1. The van der Waals surface area contributed by atoms with Crippen molar-refractivity contribution < 1.29 is 8.42 Å². The van der Waals surface area contributed by atoms with E-state index >= 15 is 0 Å². The van der Waals surface area contributed by atoms with Crippen LogP contribution in [0, 0.1) is 12.8 Å². The van der Waals surface area contributed by atoms with Crippen LogP contribution in [-0.4, -0.2) is 41.1 Å². The van der Waals surface area contributed by atoms with Gasteiger partial charge < -0.3 is 5.32 Å². The fourth-order valence-electron chi connectivity index (χ4n) is 2.15. The SMILES string of the molecule is Cc1cn2nc(NCC3CCS(=O)(=O)C3)sc2n1. The van der Waals surface area contributed by atoms with E-state index in [-0.39, 0.29) is 5.92 Å². The second-order valence-electron chi connectivity index (χ2n) is 4.67. The van der Waals surface area contributed by atoms with Crippen LogP contribution in [0.1, 0.15) is 12.1 Å². The molecule has 1 unspecified atom stereocenters. The highest BCUT2D eigenvalue weighted by atomic mass is 32.2. The molecule has 6 nitrogen and oxygen atoms in total. The van der Waals surface area contributed by atoms with E-state index in [2.05, 4.69) is 15.4 Å². The number of aryl methyl sites for hydroxylation is 1. The van der Waals surface area contributed by atoms with Gasteiger partial charge in [0, 0.05) is 6.54 Å². The summed E-state index contributed by atoms with van der Waals surface area (Å²) in [5, 5.41) is 8.34. The molecular formula is C10H14N4O2S2. The van der Waals surface area contributed by atoms with Gasteiger partial charge in [-0.1, -0.05) is 11.3 Å². The van der Waals surface area contributed by atoms with Crippen LogP contribution in [0.4, 0.5) is 5.13 Å². The number of hydrogen-bond donors (Lipinski definition) is 1. The maximum Gasteiger partial charge on any atom is 0.214 e. The summed E-state index contributed by atoms with van der Waals surface area (Å²) >= 11 is 1.48. The minimum Gasteiger partial charge on any atom is -0.360 e. The lowest BCUT2D eigenvalue weighted by Crippen LogP contribution is -2.15. The number of hydrogen-bond acceptors (Lipinski definition) is 6. The maximum atomic E-state index is 11.3. The molecule has 1 fully saturated rings. The van der Waals surface area contributed by atoms with E-state index in [1.54, 1.807) is 4.52 Å². The Kier molecular flexibility index (Phi) is 2.78. The van der Waals surface area contributed by atoms with E-state index < -0.39 is 9.84 Å². The van der Waals surface area contributed by atoms with Gasteiger partial charge in [-0.3, -0.25) is 0 Å². The molecule has 1 atom stereocenters. The fraction of sp³-hybridized carbons (Fsp3) is 0.600. The summed E-state index contributed by atoms with van der Waals surface area (Å²) in [6.07, 6.45) is 2.62. The molecule has 0 bridgehead atoms. The third kappa shape index (κ3) is 2.35. The van der Waals surface area contributed by atoms with Gasteiger partial charge in [0.2, 0.25) is 10.1 Å². The lowest BCUT2D eigenvalue weighted by atomic mass is 10.1. The molecule has 2 aromatic heterocycles. The number of nitrogens with zero attached hydrogens (tertiary/aromatic N) is 3. The lowest BCUT2D eigenvalue weighted by Gasteiger charge is -2.07. The zero-order valence-electron chi connectivity index (χ0n) is 9.96. The second-order valence-corrected chi connectivity index (χ2v) is 7.85. The highest BCUT2D eigenvalue weighted by Gasteiger charge is 2.27. The Morgan fingerprint density at radius 2 is 2.44 bits per heavy atom. The highest BCUT2D eigenvalue weighted by Crippen LogP contribution is 2.22. The summed E-state index contributed by atoms with van der Waals surface area (Å²) in [7, 11) is -2.79.